The summed E-state index contributed by atoms with van der Waals surface area (Å²) in [6, 6.07) is 9.92. The summed E-state index contributed by atoms with van der Waals surface area (Å²) in [7, 11) is 3.40. The van der Waals surface area contributed by atoms with Crippen LogP contribution in [0.4, 0.5) is 15.5 Å². The number of nitrogens with one attached hydrogen (secondary N) is 1. The van der Waals surface area contributed by atoms with E-state index in [2.05, 4.69) is 9.69 Å². The number of hydrogen-bond acceptors (Lipinski definition) is 8. The maximum Gasteiger partial charge on any atom is 0.335 e. The second kappa shape index (κ2) is 11.2. The van der Waals surface area contributed by atoms with Gasteiger partial charge in [0.2, 0.25) is 0 Å². The van der Waals surface area contributed by atoms with Gasteiger partial charge in [-0.25, -0.2) is 14.5 Å². The van der Waals surface area contributed by atoms with Crippen LogP contribution in [0.25, 0.3) is 0 Å². The summed E-state index contributed by atoms with van der Waals surface area (Å²) in [5.41, 5.74) is 0.938. The smallest absolute Gasteiger partial charge is 0.335 e. The minimum Gasteiger partial charge on any atom is -0.478 e. The highest BCUT2D eigenvalue weighted by atomic mass is 35.5. The van der Waals surface area contributed by atoms with Gasteiger partial charge in [-0.3, -0.25) is 14.4 Å². The van der Waals surface area contributed by atoms with Crippen LogP contribution in [0.3, 0.4) is 0 Å². The quantitative estimate of drug-likeness (QED) is 0.227. The van der Waals surface area contributed by atoms with Crippen molar-refractivity contribution in [2.45, 2.75) is 19.5 Å². The summed E-state index contributed by atoms with van der Waals surface area (Å²) in [6.07, 6.45) is 0. The van der Waals surface area contributed by atoms with Gasteiger partial charge in [0, 0.05) is 20.6 Å². The van der Waals surface area contributed by atoms with Gasteiger partial charge in [0.05, 0.1) is 27.5 Å². The molecule has 0 spiro atoms. The number of aromatic carboxylic acids is 1. The SMILES string of the molecule is Cc1nsc(N(C)C)c1C(=O)C(C(=O)Nc1cc(C(=O)O)ccc1Cl)N1C(=O)CN(Cc2ccccc2)C1=O. The van der Waals surface area contributed by atoms with Crippen molar-refractivity contribution in [3.63, 3.8) is 0 Å². The molecule has 1 aliphatic heterocycles. The van der Waals surface area contributed by atoms with E-state index in [9.17, 15) is 29.1 Å². The van der Waals surface area contributed by atoms with Gasteiger partial charge in [-0.05, 0) is 42.2 Å². The number of halogens is 1. The van der Waals surface area contributed by atoms with E-state index in [-0.39, 0.29) is 34.9 Å². The summed E-state index contributed by atoms with van der Waals surface area (Å²) < 4.78 is 4.23. The summed E-state index contributed by atoms with van der Waals surface area (Å²) in [5, 5.41) is 12.2. The lowest BCUT2D eigenvalue weighted by Gasteiger charge is -2.25. The second-order valence-corrected chi connectivity index (χ2v) is 10.1. The molecule has 1 atom stereocenters. The van der Waals surface area contributed by atoms with Crippen LogP contribution in [-0.4, -0.2) is 75.6 Å². The normalized spacial score (nSPS) is 13.9. The molecule has 0 saturated carbocycles. The third-order valence-corrected chi connectivity index (χ3v) is 7.45. The first kappa shape index (κ1) is 27.7. The molecule has 202 valence electrons. The van der Waals surface area contributed by atoms with Crippen molar-refractivity contribution >= 4 is 63.4 Å². The Bertz CT molecular complexity index is 1470. The monoisotopic (exact) mass is 569 g/mol. The third-order valence-electron chi connectivity index (χ3n) is 6.01. The minimum atomic E-state index is -1.90. The molecule has 2 heterocycles. The van der Waals surface area contributed by atoms with Crippen molar-refractivity contribution in [1.82, 2.24) is 14.2 Å². The van der Waals surface area contributed by atoms with Crippen molar-refractivity contribution in [3.8, 4) is 0 Å². The van der Waals surface area contributed by atoms with Crippen molar-refractivity contribution in [1.29, 1.82) is 0 Å². The number of urea groups is 1. The molecule has 1 aliphatic rings. The fourth-order valence-corrected chi connectivity index (χ4v) is 5.12. The van der Waals surface area contributed by atoms with Gasteiger partial charge in [-0.15, -0.1) is 0 Å². The molecule has 2 aromatic carbocycles. The number of aromatic nitrogens is 1. The molecule has 4 amide bonds. The highest BCUT2D eigenvalue weighted by Crippen LogP contribution is 2.31. The lowest BCUT2D eigenvalue weighted by molar-refractivity contribution is -0.131. The first-order chi connectivity index (χ1) is 18.5. The number of carbonyl (C=O) groups excluding carboxylic acids is 4. The Morgan fingerprint density at radius 2 is 1.85 bits per heavy atom. The van der Waals surface area contributed by atoms with E-state index in [4.69, 9.17) is 11.6 Å². The maximum atomic E-state index is 14.0. The molecule has 1 unspecified atom stereocenters. The first-order valence-corrected chi connectivity index (χ1v) is 12.8. The van der Waals surface area contributed by atoms with E-state index in [0.717, 1.165) is 23.2 Å². The molecule has 3 aromatic rings. The molecule has 0 bridgehead atoms. The molecule has 39 heavy (non-hydrogen) atoms. The maximum absolute atomic E-state index is 14.0. The number of imide groups is 1. The van der Waals surface area contributed by atoms with E-state index < -0.39 is 35.6 Å². The standard InChI is InChI=1S/C26H24ClN5O6S/c1-14-20(24(30(2)3)39-29-14)22(34)21(23(35)28-18-11-16(25(36)37)9-10-17(18)27)32-19(33)13-31(26(32)38)12-15-7-5-4-6-8-15/h4-11,21H,12-13H2,1-3H3,(H,28,35)(H,36,37). The van der Waals surface area contributed by atoms with Crippen molar-refractivity contribution in [2.75, 3.05) is 30.9 Å². The number of Topliss-reactive ketones (excluding diaryl/α,β-unsaturated/α-hetero) is 1. The van der Waals surface area contributed by atoms with Gasteiger partial charge in [-0.2, -0.15) is 4.37 Å². The average molecular weight is 570 g/mol. The summed E-state index contributed by atoms with van der Waals surface area (Å²) in [4.78, 5) is 69.3. The Balaban J connectivity index is 1.74. The number of aryl methyl sites for hydroxylation is 1. The van der Waals surface area contributed by atoms with Crippen LogP contribution in [-0.2, 0) is 16.1 Å². The summed E-state index contributed by atoms with van der Waals surface area (Å²) in [6.45, 7) is 1.36. The zero-order valence-corrected chi connectivity index (χ0v) is 22.7. The number of hydrogen-bond donors (Lipinski definition) is 2. The van der Waals surface area contributed by atoms with Gasteiger partial charge < -0.3 is 20.2 Å². The van der Waals surface area contributed by atoms with Gasteiger partial charge >= 0.3 is 12.0 Å². The predicted molar refractivity (Wildman–Crippen MR) is 145 cm³/mol. The summed E-state index contributed by atoms with van der Waals surface area (Å²) >= 11 is 7.23. The van der Waals surface area contributed by atoms with Crippen LogP contribution in [0, 0.1) is 6.92 Å². The Hall–Kier alpha value is -4.29. The van der Waals surface area contributed by atoms with Crippen molar-refractivity contribution < 1.29 is 29.1 Å². The molecule has 1 aromatic heterocycles. The van der Waals surface area contributed by atoms with E-state index in [0.29, 0.717) is 15.6 Å². The van der Waals surface area contributed by atoms with Gasteiger partial charge in [0.1, 0.15) is 11.5 Å². The van der Waals surface area contributed by atoms with Crippen LogP contribution < -0.4 is 10.2 Å². The Labute approximate surface area is 232 Å². The molecule has 2 N–H and O–H groups in total. The fourth-order valence-electron chi connectivity index (χ4n) is 4.14. The molecule has 0 aliphatic carbocycles. The summed E-state index contributed by atoms with van der Waals surface area (Å²) in [5.74, 6) is -3.83. The number of anilines is 2. The number of amides is 4. The molecule has 13 heteroatoms. The lowest BCUT2D eigenvalue weighted by Crippen LogP contribution is -2.52. The second-order valence-electron chi connectivity index (χ2n) is 8.99. The number of nitrogens with zero attached hydrogens (tertiary/aromatic N) is 4. The Morgan fingerprint density at radius 3 is 2.49 bits per heavy atom. The van der Waals surface area contributed by atoms with Crippen molar-refractivity contribution in [3.05, 3.63) is 75.9 Å². The number of benzene rings is 2. The first-order valence-electron chi connectivity index (χ1n) is 11.7. The Morgan fingerprint density at radius 1 is 1.15 bits per heavy atom. The van der Waals surface area contributed by atoms with Crippen LogP contribution in [0.15, 0.2) is 48.5 Å². The van der Waals surface area contributed by atoms with E-state index >= 15 is 0 Å². The van der Waals surface area contributed by atoms with Crippen LogP contribution in [0.5, 0.6) is 0 Å². The van der Waals surface area contributed by atoms with E-state index in [1.165, 1.54) is 17.0 Å². The number of rotatable bonds is 9. The van der Waals surface area contributed by atoms with Crippen LogP contribution in [0.1, 0.15) is 32.0 Å². The number of carboxylic acids is 1. The van der Waals surface area contributed by atoms with Gasteiger partial charge in [-0.1, -0.05) is 41.9 Å². The lowest BCUT2D eigenvalue weighted by atomic mass is 10.0. The number of carboxylic acid groups (broad SMARTS) is 1. The van der Waals surface area contributed by atoms with E-state index in [1.54, 1.807) is 50.2 Å². The Kier molecular flexibility index (Phi) is 7.98. The van der Waals surface area contributed by atoms with Crippen LogP contribution >= 0.6 is 23.1 Å². The molecule has 11 nitrogen and oxygen atoms in total. The molecule has 0 radical (unpaired) electrons. The molecule has 1 saturated heterocycles. The fraction of sp³-hybridized carbons (Fsp3) is 0.231. The zero-order chi connectivity index (χ0) is 28.4. The minimum absolute atomic E-state index is 0.00619. The van der Waals surface area contributed by atoms with Crippen LogP contribution in [0.2, 0.25) is 5.02 Å². The third kappa shape index (κ3) is 5.61. The van der Waals surface area contributed by atoms with E-state index in [1.807, 2.05) is 6.07 Å². The topological polar surface area (TPSA) is 140 Å². The molecular weight excluding hydrogens is 546 g/mol. The highest BCUT2D eigenvalue weighted by Gasteiger charge is 2.48. The average Bonchev–Trinajstić information content (AvgIpc) is 3.40. The van der Waals surface area contributed by atoms with Gasteiger partial charge in [0.15, 0.2) is 11.8 Å². The predicted octanol–water partition coefficient (Wildman–Crippen LogP) is 3.52. The molecular formula is C26H24ClN5O6S. The van der Waals surface area contributed by atoms with Gasteiger partial charge in [0.25, 0.3) is 11.8 Å². The molecule has 4 rings (SSSR count). The largest absolute Gasteiger partial charge is 0.478 e. The van der Waals surface area contributed by atoms with Crippen molar-refractivity contribution in [2.24, 2.45) is 0 Å². The molecule has 1 fully saturated rings. The zero-order valence-electron chi connectivity index (χ0n) is 21.2. The number of carbonyl (C=O) groups is 5. The highest BCUT2D eigenvalue weighted by molar-refractivity contribution is 7.10. The number of ketones is 1.